The number of hydrogen-bond acceptors (Lipinski definition) is 5. The molecule has 2 aromatic rings. The number of H-pyrrole nitrogens is 1. The smallest absolute Gasteiger partial charge is 0.137 e. The van der Waals surface area contributed by atoms with Gasteiger partial charge in [0.25, 0.3) is 0 Å². The van der Waals surface area contributed by atoms with E-state index in [1.165, 1.54) is 12.5 Å². The number of pyridine rings is 1. The Balaban J connectivity index is 1.83. The lowest BCUT2D eigenvalue weighted by atomic mass is 10.3. The second kappa shape index (κ2) is 4.89. The molecule has 0 aliphatic rings. The summed E-state index contributed by atoms with van der Waals surface area (Å²) >= 11 is 0. The number of rotatable bonds is 4. The molecule has 0 radical (unpaired) electrons. The van der Waals surface area contributed by atoms with Gasteiger partial charge in [0.1, 0.15) is 24.0 Å². The maximum absolute atomic E-state index is 8.60. The van der Waals surface area contributed by atoms with Gasteiger partial charge < -0.3 is 5.32 Å². The summed E-state index contributed by atoms with van der Waals surface area (Å²) in [7, 11) is 0. The van der Waals surface area contributed by atoms with E-state index in [2.05, 4.69) is 25.5 Å². The van der Waals surface area contributed by atoms with Crippen LogP contribution in [0.25, 0.3) is 0 Å². The Morgan fingerprint density at radius 3 is 2.94 bits per heavy atom. The lowest BCUT2D eigenvalue weighted by Crippen LogP contribution is -2.07. The van der Waals surface area contributed by atoms with Crippen molar-refractivity contribution in [2.75, 3.05) is 11.9 Å². The Kier molecular flexibility index (Phi) is 3.09. The summed E-state index contributed by atoms with van der Waals surface area (Å²) in [6.07, 6.45) is 3.77. The number of aromatic amines is 1. The zero-order valence-electron chi connectivity index (χ0n) is 8.51. The maximum atomic E-state index is 8.60. The van der Waals surface area contributed by atoms with Crippen LogP contribution in [0.5, 0.6) is 0 Å². The molecule has 0 fully saturated rings. The van der Waals surface area contributed by atoms with E-state index in [0.29, 0.717) is 12.1 Å². The minimum Gasteiger partial charge on any atom is -0.370 e. The molecule has 2 rings (SSSR count). The SMILES string of the molecule is N#Cc1ccc(NCCc2ncn[nH]2)nc1. The quantitative estimate of drug-likeness (QED) is 0.782. The van der Waals surface area contributed by atoms with Crippen molar-refractivity contribution in [3.63, 3.8) is 0 Å². The topological polar surface area (TPSA) is 90.3 Å². The first-order valence-electron chi connectivity index (χ1n) is 4.83. The van der Waals surface area contributed by atoms with Gasteiger partial charge in [0.15, 0.2) is 0 Å². The van der Waals surface area contributed by atoms with Gasteiger partial charge >= 0.3 is 0 Å². The van der Waals surface area contributed by atoms with Gasteiger partial charge in [0.2, 0.25) is 0 Å². The van der Waals surface area contributed by atoms with Crippen molar-refractivity contribution >= 4 is 5.82 Å². The van der Waals surface area contributed by atoms with Gasteiger partial charge in [-0.1, -0.05) is 0 Å². The molecule has 2 N–H and O–H groups in total. The Morgan fingerprint density at radius 1 is 1.38 bits per heavy atom. The van der Waals surface area contributed by atoms with E-state index in [4.69, 9.17) is 5.26 Å². The third-order valence-electron chi connectivity index (χ3n) is 2.03. The van der Waals surface area contributed by atoms with Gasteiger partial charge in [-0.25, -0.2) is 9.97 Å². The Morgan fingerprint density at radius 2 is 2.31 bits per heavy atom. The lowest BCUT2D eigenvalue weighted by Gasteiger charge is -2.03. The summed E-state index contributed by atoms with van der Waals surface area (Å²) in [6.45, 7) is 0.716. The van der Waals surface area contributed by atoms with Gasteiger partial charge in [-0.15, -0.1) is 0 Å². The van der Waals surface area contributed by atoms with Gasteiger partial charge in [-0.3, -0.25) is 5.10 Å². The second-order valence-corrected chi connectivity index (χ2v) is 3.15. The van der Waals surface area contributed by atoms with Crippen molar-refractivity contribution in [2.45, 2.75) is 6.42 Å². The molecule has 16 heavy (non-hydrogen) atoms. The molecule has 0 bridgehead atoms. The molecule has 6 nitrogen and oxygen atoms in total. The van der Waals surface area contributed by atoms with Gasteiger partial charge in [0, 0.05) is 19.2 Å². The van der Waals surface area contributed by atoms with Gasteiger partial charge in [-0.05, 0) is 12.1 Å². The van der Waals surface area contributed by atoms with Gasteiger partial charge in [0.05, 0.1) is 5.56 Å². The maximum Gasteiger partial charge on any atom is 0.137 e. The Hall–Kier alpha value is -2.42. The van der Waals surface area contributed by atoms with Crippen LogP contribution in [0.2, 0.25) is 0 Å². The average Bonchev–Trinajstić information content (AvgIpc) is 2.83. The molecule has 0 saturated heterocycles. The molecule has 2 aromatic heterocycles. The minimum absolute atomic E-state index is 0.556. The number of aromatic nitrogens is 4. The van der Waals surface area contributed by atoms with E-state index >= 15 is 0 Å². The minimum atomic E-state index is 0.556. The predicted molar refractivity (Wildman–Crippen MR) is 57.5 cm³/mol. The van der Waals surface area contributed by atoms with Crippen molar-refractivity contribution in [2.24, 2.45) is 0 Å². The van der Waals surface area contributed by atoms with E-state index in [9.17, 15) is 0 Å². The molecule has 0 aliphatic carbocycles. The van der Waals surface area contributed by atoms with E-state index in [0.717, 1.165) is 18.1 Å². The first kappa shape index (κ1) is 10.1. The van der Waals surface area contributed by atoms with Crippen LogP contribution in [0.1, 0.15) is 11.4 Å². The lowest BCUT2D eigenvalue weighted by molar-refractivity contribution is 0.897. The molecular formula is C10H10N6. The van der Waals surface area contributed by atoms with Crippen molar-refractivity contribution in [1.82, 2.24) is 20.2 Å². The highest BCUT2D eigenvalue weighted by molar-refractivity contribution is 5.38. The summed E-state index contributed by atoms with van der Waals surface area (Å²) in [4.78, 5) is 8.09. The summed E-state index contributed by atoms with van der Waals surface area (Å²) in [5.41, 5.74) is 0.556. The van der Waals surface area contributed by atoms with Crippen LogP contribution in [-0.4, -0.2) is 26.7 Å². The highest BCUT2D eigenvalue weighted by atomic mass is 15.2. The molecule has 80 valence electrons. The van der Waals surface area contributed by atoms with Crippen LogP contribution in [-0.2, 0) is 6.42 Å². The van der Waals surface area contributed by atoms with Crippen molar-refractivity contribution in [1.29, 1.82) is 5.26 Å². The summed E-state index contributed by atoms with van der Waals surface area (Å²) < 4.78 is 0. The van der Waals surface area contributed by atoms with Crippen LogP contribution in [0.3, 0.4) is 0 Å². The molecule has 0 aromatic carbocycles. The largest absolute Gasteiger partial charge is 0.370 e. The molecular weight excluding hydrogens is 204 g/mol. The molecule has 0 aliphatic heterocycles. The normalized spacial score (nSPS) is 9.69. The fourth-order valence-corrected chi connectivity index (χ4v) is 1.22. The van der Waals surface area contributed by atoms with Crippen LogP contribution in [0, 0.1) is 11.3 Å². The number of nitrogens with one attached hydrogen (secondary N) is 2. The van der Waals surface area contributed by atoms with Crippen LogP contribution < -0.4 is 5.32 Å². The Labute approximate surface area is 92.4 Å². The molecule has 0 unspecified atom stereocenters. The number of anilines is 1. The Bertz CT molecular complexity index is 467. The first-order valence-corrected chi connectivity index (χ1v) is 4.83. The predicted octanol–water partition coefficient (Wildman–Crippen LogP) is 0.726. The monoisotopic (exact) mass is 214 g/mol. The fourth-order valence-electron chi connectivity index (χ4n) is 1.22. The van der Waals surface area contributed by atoms with E-state index < -0.39 is 0 Å². The van der Waals surface area contributed by atoms with Crippen LogP contribution in [0.15, 0.2) is 24.7 Å². The van der Waals surface area contributed by atoms with Crippen LogP contribution in [0.4, 0.5) is 5.82 Å². The van der Waals surface area contributed by atoms with Crippen molar-refractivity contribution in [3.8, 4) is 6.07 Å². The molecule has 0 atom stereocenters. The molecule has 0 amide bonds. The highest BCUT2D eigenvalue weighted by Gasteiger charge is 1.97. The summed E-state index contributed by atoms with van der Waals surface area (Å²) in [5, 5.41) is 18.3. The van der Waals surface area contributed by atoms with Crippen molar-refractivity contribution in [3.05, 3.63) is 36.0 Å². The number of nitrogens with zero attached hydrogens (tertiary/aromatic N) is 4. The summed E-state index contributed by atoms with van der Waals surface area (Å²) in [6, 6.07) is 5.52. The van der Waals surface area contributed by atoms with Crippen molar-refractivity contribution < 1.29 is 0 Å². The van der Waals surface area contributed by atoms with E-state index in [1.807, 2.05) is 6.07 Å². The standard InChI is InChI=1S/C10H10N6/c11-5-8-1-2-9(13-6-8)12-4-3-10-14-7-15-16-10/h1-2,6-7H,3-4H2,(H,12,13)(H,14,15,16). The zero-order chi connectivity index (χ0) is 11.2. The molecule has 2 heterocycles. The first-order chi connectivity index (χ1) is 7.88. The molecule has 6 heteroatoms. The molecule has 0 saturated carbocycles. The molecule has 0 spiro atoms. The third kappa shape index (κ3) is 2.54. The van der Waals surface area contributed by atoms with E-state index in [-0.39, 0.29) is 0 Å². The number of nitriles is 1. The average molecular weight is 214 g/mol. The number of hydrogen-bond donors (Lipinski definition) is 2. The van der Waals surface area contributed by atoms with Gasteiger partial charge in [-0.2, -0.15) is 10.4 Å². The fraction of sp³-hybridized carbons (Fsp3) is 0.200. The second-order valence-electron chi connectivity index (χ2n) is 3.15. The van der Waals surface area contributed by atoms with Crippen LogP contribution >= 0.6 is 0 Å². The third-order valence-corrected chi connectivity index (χ3v) is 2.03. The van der Waals surface area contributed by atoms with E-state index in [1.54, 1.807) is 12.1 Å². The highest BCUT2D eigenvalue weighted by Crippen LogP contribution is 2.03. The summed E-state index contributed by atoms with van der Waals surface area (Å²) in [5.74, 6) is 1.58. The zero-order valence-corrected chi connectivity index (χ0v) is 8.51.